The summed E-state index contributed by atoms with van der Waals surface area (Å²) in [5.41, 5.74) is 1.73. The van der Waals surface area contributed by atoms with Gasteiger partial charge in [-0.05, 0) is 30.8 Å². The molecule has 0 unspecified atom stereocenters. The van der Waals surface area contributed by atoms with Crippen LogP contribution in [0, 0.1) is 6.92 Å². The molecule has 2 aliphatic rings. The van der Waals surface area contributed by atoms with E-state index in [0.717, 1.165) is 35.3 Å². The molecule has 0 atom stereocenters. The molecule has 7 nitrogen and oxygen atoms in total. The lowest BCUT2D eigenvalue weighted by Gasteiger charge is -2.26. The Morgan fingerprint density at radius 1 is 1.28 bits per heavy atom. The largest absolute Gasteiger partial charge is 0.370 e. The molecule has 2 N–H and O–H groups in total. The molecule has 1 aromatic rings. The second-order valence-corrected chi connectivity index (χ2v) is 6.98. The summed E-state index contributed by atoms with van der Waals surface area (Å²) in [5, 5.41) is 2.36. The van der Waals surface area contributed by atoms with E-state index in [9.17, 15) is 14.4 Å². The Morgan fingerprint density at radius 3 is 2.64 bits per heavy atom. The first-order chi connectivity index (χ1) is 12.0. The fourth-order valence-corrected chi connectivity index (χ4v) is 3.42. The van der Waals surface area contributed by atoms with Gasteiger partial charge in [-0.1, -0.05) is 17.7 Å². The van der Waals surface area contributed by atoms with Crippen LogP contribution in [0.25, 0.3) is 0 Å². The zero-order valence-electron chi connectivity index (χ0n) is 13.9. The van der Waals surface area contributed by atoms with Crippen LogP contribution in [0.3, 0.4) is 0 Å². The molecule has 2 aliphatic heterocycles. The highest BCUT2D eigenvalue weighted by molar-refractivity contribution is 8.18. The summed E-state index contributed by atoms with van der Waals surface area (Å²) < 4.78 is 5.28. The summed E-state index contributed by atoms with van der Waals surface area (Å²) in [7, 11) is 0. The molecule has 2 fully saturated rings. The molecule has 2 heterocycles. The first-order valence-corrected chi connectivity index (χ1v) is 8.89. The van der Waals surface area contributed by atoms with Crippen molar-refractivity contribution in [2.75, 3.05) is 38.3 Å². The first-order valence-electron chi connectivity index (χ1n) is 8.07. The van der Waals surface area contributed by atoms with Crippen molar-refractivity contribution in [3.8, 4) is 0 Å². The Labute approximate surface area is 150 Å². The zero-order valence-corrected chi connectivity index (χ0v) is 14.7. The molecule has 2 saturated heterocycles. The summed E-state index contributed by atoms with van der Waals surface area (Å²) in [4.78, 5) is 39.1. The summed E-state index contributed by atoms with van der Waals surface area (Å²) in [5.74, 6) is -0.832. The highest BCUT2D eigenvalue weighted by Crippen LogP contribution is 2.29. The molecular formula is C17H20N3O4S+. The lowest BCUT2D eigenvalue weighted by atomic mass is 10.2. The number of quaternary nitrogens is 1. The van der Waals surface area contributed by atoms with Crippen molar-refractivity contribution < 1.29 is 24.0 Å². The van der Waals surface area contributed by atoms with Gasteiger partial charge in [0.05, 0.1) is 18.1 Å². The summed E-state index contributed by atoms with van der Waals surface area (Å²) >= 11 is 0.805. The van der Waals surface area contributed by atoms with Gasteiger partial charge < -0.3 is 15.0 Å². The van der Waals surface area contributed by atoms with E-state index in [2.05, 4.69) is 5.32 Å². The number of rotatable bonds is 4. The number of anilines is 1. The molecular weight excluding hydrogens is 342 g/mol. The third kappa shape index (κ3) is 4.47. The summed E-state index contributed by atoms with van der Waals surface area (Å²) in [6, 6.07) is 7.34. The summed E-state index contributed by atoms with van der Waals surface area (Å²) in [6.45, 7) is 5.03. The third-order valence-corrected chi connectivity index (χ3v) is 4.94. The zero-order chi connectivity index (χ0) is 17.8. The van der Waals surface area contributed by atoms with Crippen LogP contribution in [-0.4, -0.2) is 54.9 Å². The Hall–Kier alpha value is -2.16. The van der Waals surface area contributed by atoms with E-state index >= 15 is 0 Å². The van der Waals surface area contributed by atoms with Gasteiger partial charge in [-0.15, -0.1) is 0 Å². The van der Waals surface area contributed by atoms with Crippen LogP contribution < -0.4 is 10.2 Å². The van der Waals surface area contributed by atoms with Crippen LogP contribution in [0.1, 0.15) is 5.56 Å². The Kier molecular flexibility index (Phi) is 5.52. The van der Waals surface area contributed by atoms with E-state index in [4.69, 9.17) is 4.74 Å². The number of imide groups is 1. The quantitative estimate of drug-likeness (QED) is 0.758. The molecule has 25 heavy (non-hydrogen) atoms. The van der Waals surface area contributed by atoms with Gasteiger partial charge in [0.2, 0.25) is 5.91 Å². The van der Waals surface area contributed by atoms with Crippen molar-refractivity contribution in [2.24, 2.45) is 0 Å². The maximum atomic E-state index is 12.4. The van der Waals surface area contributed by atoms with Crippen LogP contribution in [0.2, 0.25) is 0 Å². The van der Waals surface area contributed by atoms with Crippen molar-refractivity contribution in [3.05, 3.63) is 40.8 Å². The average molecular weight is 362 g/mol. The molecule has 0 radical (unpaired) electrons. The van der Waals surface area contributed by atoms with Crippen LogP contribution in [0.4, 0.5) is 10.5 Å². The normalized spacial score (nSPS) is 20.4. The number of carbonyl (C=O) groups is 3. The van der Waals surface area contributed by atoms with Crippen molar-refractivity contribution in [1.29, 1.82) is 0 Å². The lowest BCUT2D eigenvalue weighted by Crippen LogP contribution is -3.15. The van der Waals surface area contributed by atoms with E-state index < -0.39 is 11.8 Å². The predicted molar refractivity (Wildman–Crippen MR) is 94.1 cm³/mol. The number of hydrogen-bond acceptors (Lipinski definition) is 5. The van der Waals surface area contributed by atoms with Crippen LogP contribution in [0.5, 0.6) is 0 Å². The molecule has 3 rings (SSSR count). The molecule has 1 aromatic carbocycles. The maximum absolute atomic E-state index is 12.4. The van der Waals surface area contributed by atoms with Gasteiger partial charge in [-0.3, -0.25) is 14.4 Å². The minimum absolute atomic E-state index is 0.155. The highest BCUT2D eigenvalue weighted by atomic mass is 32.2. The average Bonchev–Trinajstić information content (AvgIpc) is 2.85. The SMILES string of the molecule is Cc1ccc(NC(=O)/C=C2/SC(=O)N(C[NH+]3CCOCC3)C2=O)cc1. The van der Waals surface area contributed by atoms with Crippen LogP contribution in [0.15, 0.2) is 35.2 Å². The second kappa shape index (κ2) is 7.81. The Balaban J connectivity index is 1.62. The molecule has 0 spiro atoms. The molecule has 0 aromatic heterocycles. The number of thioether (sulfide) groups is 1. The number of amides is 3. The predicted octanol–water partition coefficient (Wildman–Crippen LogP) is 0.385. The number of hydrogen-bond donors (Lipinski definition) is 2. The fourth-order valence-electron chi connectivity index (χ4n) is 2.61. The van der Waals surface area contributed by atoms with Crippen LogP contribution >= 0.6 is 11.8 Å². The number of aryl methyl sites for hydroxylation is 1. The smallest absolute Gasteiger partial charge is 0.298 e. The molecule has 0 saturated carbocycles. The highest BCUT2D eigenvalue weighted by Gasteiger charge is 2.38. The number of carbonyl (C=O) groups excluding carboxylic acids is 3. The van der Waals surface area contributed by atoms with E-state index in [1.54, 1.807) is 12.1 Å². The van der Waals surface area contributed by atoms with Crippen molar-refractivity contribution in [1.82, 2.24) is 4.90 Å². The third-order valence-electron chi connectivity index (χ3n) is 4.04. The molecule has 3 amide bonds. The minimum Gasteiger partial charge on any atom is -0.370 e. The second-order valence-electron chi connectivity index (χ2n) is 5.99. The molecule has 0 aliphatic carbocycles. The number of ether oxygens (including phenoxy) is 1. The molecule has 8 heteroatoms. The monoisotopic (exact) mass is 362 g/mol. The van der Waals surface area contributed by atoms with E-state index in [1.165, 1.54) is 11.0 Å². The fraction of sp³-hybridized carbons (Fsp3) is 0.353. The van der Waals surface area contributed by atoms with Crippen molar-refractivity contribution in [2.45, 2.75) is 6.92 Å². The Bertz CT molecular complexity index is 711. The van der Waals surface area contributed by atoms with Crippen molar-refractivity contribution >= 4 is 34.5 Å². The van der Waals surface area contributed by atoms with E-state index in [-0.39, 0.29) is 10.1 Å². The maximum Gasteiger partial charge on any atom is 0.298 e. The summed E-state index contributed by atoms with van der Waals surface area (Å²) in [6.07, 6.45) is 1.19. The number of benzene rings is 1. The topological polar surface area (TPSA) is 80.2 Å². The first kappa shape index (κ1) is 17.7. The Morgan fingerprint density at radius 2 is 1.96 bits per heavy atom. The van der Waals surface area contributed by atoms with E-state index in [1.807, 2.05) is 19.1 Å². The van der Waals surface area contributed by atoms with Gasteiger partial charge in [0.25, 0.3) is 11.1 Å². The minimum atomic E-state index is -0.423. The van der Waals surface area contributed by atoms with E-state index in [0.29, 0.717) is 25.6 Å². The number of nitrogens with zero attached hydrogens (tertiary/aromatic N) is 1. The van der Waals surface area contributed by atoms with Gasteiger partial charge in [-0.25, -0.2) is 4.90 Å². The van der Waals surface area contributed by atoms with Crippen LogP contribution in [-0.2, 0) is 14.3 Å². The van der Waals surface area contributed by atoms with Crippen molar-refractivity contribution in [3.63, 3.8) is 0 Å². The number of morpholine rings is 1. The van der Waals surface area contributed by atoms with Gasteiger partial charge in [0.1, 0.15) is 13.1 Å². The van der Waals surface area contributed by atoms with Gasteiger partial charge in [-0.2, -0.15) is 0 Å². The van der Waals surface area contributed by atoms with Gasteiger partial charge in [0.15, 0.2) is 6.67 Å². The standard InChI is InChI=1S/C17H19N3O4S/c1-12-2-4-13(5-3-12)18-15(21)10-14-16(22)20(17(23)25-14)11-19-6-8-24-9-7-19/h2-5,10H,6-9,11H2,1H3,(H,18,21)/p+1/b14-10+. The van der Waals surface area contributed by atoms with Gasteiger partial charge >= 0.3 is 0 Å². The lowest BCUT2D eigenvalue weighted by molar-refractivity contribution is -0.915. The molecule has 132 valence electrons. The molecule has 0 bridgehead atoms. The van der Waals surface area contributed by atoms with Gasteiger partial charge in [0, 0.05) is 11.8 Å². The number of nitrogens with one attached hydrogen (secondary N) is 2.